The molecule has 3 heterocycles. The van der Waals surface area contributed by atoms with E-state index in [1.807, 2.05) is 18.2 Å². The van der Waals surface area contributed by atoms with Crippen LogP contribution in [0.1, 0.15) is 35.4 Å². The summed E-state index contributed by atoms with van der Waals surface area (Å²) in [6, 6.07) is 7.56. The van der Waals surface area contributed by atoms with Gasteiger partial charge in [0.1, 0.15) is 5.69 Å². The molecule has 1 fully saturated rings. The summed E-state index contributed by atoms with van der Waals surface area (Å²) in [5.74, 6) is -0.377. The minimum absolute atomic E-state index is 0.126. The van der Waals surface area contributed by atoms with Crippen molar-refractivity contribution in [1.82, 2.24) is 25.3 Å². The maximum absolute atomic E-state index is 13.1. The first kappa shape index (κ1) is 20.4. The molecule has 0 bridgehead atoms. The van der Waals surface area contributed by atoms with Gasteiger partial charge in [0.15, 0.2) is 0 Å². The van der Waals surface area contributed by atoms with Crippen molar-refractivity contribution in [1.29, 1.82) is 0 Å². The Labute approximate surface area is 179 Å². The number of aromatic nitrogens is 4. The lowest BCUT2D eigenvalue weighted by Crippen LogP contribution is -2.46. The van der Waals surface area contributed by atoms with E-state index >= 15 is 0 Å². The molecule has 0 aliphatic heterocycles. The van der Waals surface area contributed by atoms with E-state index in [0.29, 0.717) is 11.4 Å². The Morgan fingerprint density at radius 1 is 1.00 bits per heavy atom. The number of nitrogens with one attached hydrogen (secondary N) is 2. The molecule has 0 aromatic carbocycles. The van der Waals surface area contributed by atoms with Crippen LogP contribution in [0.25, 0.3) is 11.1 Å². The van der Waals surface area contributed by atoms with Crippen LogP contribution in [0.4, 0.5) is 5.69 Å². The van der Waals surface area contributed by atoms with E-state index in [-0.39, 0.29) is 17.8 Å². The van der Waals surface area contributed by atoms with Gasteiger partial charge >= 0.3 is 6.01 Å². The van der Waals surface area contributed by atoms with E-state index in [0.717, 1.165) is 36.1 Å². The van der Waals surface area contributed by atoms with Gasteiger partial charge < -0.3 is 15.4 Å². The molecular formula is C22H22N6O3. The molecule has 4 rings (SSSR count). The molecule has 1 aliphatic rings. The Bertz CT molecular complexity index is 1090. The molecule has 0 spiro atoms. The molecule has 3 aromatic heterocycles. The van der Waals surface area contributed by atoms with Crippen LogP contribution in [-0.2, 0) is 10.2 Å². The van der Waals surface area contributed by atoms with Gasteiger partial charge in [0.2, 0.25) is 5.91 Å². The summed E-state index contributed by atoms with van der Waals surface area (Å²) in [5.41, 5.74) is 2.55. The molecule has 1 aliphatic carbocycles. The predicted octanol–water partition coefficient (Wildman–Crippen LogP) is 2.36. The average Bonchev–Trinajstić information content (AvgIpc) is 2.79. The highest BCUT2D eigenvalue weighted by Crippen LogP contribution is 2.44. The van der Waals surface area contributed by atoms with Crippen LogP contribution >= 0.6 is 0 Å². The number of pyridine rings is 2. The molecule has 158 valence electrons. The molecule has 2 amide bonds. The van der Waals surface area contributed by atoms with Crippen molar-refractivity contribution in [3.63, 3.8) is 0 Å². The molecular weight excluding hydrogens is 396 g/mol. The van der Waals surface area contributed by atoms with Gasteiger partial charge in [-0.15, -0.1) is 0 Å². The molecule has 3 aromatic rings. The Kier molecular flexibility index (Phi) is 5.57. The van der Waals surface area contributed by atoms with Crippen molar-refractivity contribution >= 4 is 17.5 Å². The van der Waals surface area contributed by atoms with Gasteiger partial charge in [-0.25, -0.2) is 9.97 Å². The molecule has 9 nitrogen and oxygen atoms in total. The summed E-state index contributed by atoms with van der Waals surface area (Å²) in [6.07, 6.45) is 8.74. The topological polar surface area (TPSA) is 119 Å². The zero-order valence-electron chi connectivity index (χ0n) is 17.3. The first-order valence-electron chi connectivity index (χ1n) is 9.88. The van der Waals surface area contributed by atoms with Gasteiger partial charge in [0, 0.05) is 25.0 Å². The van der Waals surface area contributed by atoms with Crippen LogP contribution in [0.2, 0.25) is 0 Å². The standard InChI is InChI=1S/C22H22N6O3/c1-23-19(29)17-10-14(6-9-24-17)15-4-5-18(25-11-15)22(7-3-8-22)20(30)28-16-12-26-21(31-2)27-13-16/h4-6,9-13H,3,7-8H2,1-2H3,(H,23,29)(H,28,30). The summed E-state index contributed by atoms with van der Waals surface area (Å²) in [6.45, 7) is 0. The summed E-state index contributed by atoms with van der Waals surface area (Å²) in [4.78, 5) is 41.7. The SMILES string of the molecule is CNC(=O)c1cc(-c2ccc(C3(C(=O)Nc4cnc(OC)nc4)CCC3)nc2)ccn1. The van der Waals surface area contributed by atoms with Crippen molar-refractivity contribution < 1.29 is 14.3 Å². The zero-order chi connectivity index (χ0) is 21.8. The predicted molar refractivity (Wildman–Crippen MR) is 114 cm³/mol. The fourth-order valence-electron chi connectivity index (χ4n) is 3.58. The lowest BCUT2D eigenvalue weighted by atomic mass is 9.65. The van der Waals surface area contributed by atoms with Gasteiger partial charge in [-0.2, -0.15) is 0 Å². The van der Waals surface area contributed by atoms with Gasteiger partial charge in [0.25, 0.3) is 5.91 Å². The van der Waals surface area contributed by atoms with E-state index in [9.17, 15) is 9.59 Å². The van der Waals surface area contributed by atoms with E-state index in [1.165, 1.54) is 19.5 Å². The summed E-state index contributed by atoms with van der Waals surface area (Å²) in [7, 11) is 3.05. The number of amides is 2. The van der Waals surface area contributed by atoms with Crippen molar-refractivity contribution in [3.8, 4) is 17.1 Å². The minimum atomic E-state index is -0.677. The summed E-state index contributed by atoms with van der Waals surface area (Å²) >= 11 is 0. The lowest BCUT2D eigenvalue weighted by molar-refractivity contribution is -0.124. The van der Waals surface area contributed by atoms with Crippen molar-refractivity contribution in [3.05, 3.63) is 60.4 Å². The average molecular weight is 418 g/mol. The highest BCUT2D eigenvalue weighted by molar-refractivity contribution is 5.99. The maximum atomic E-state index is 13.1. The Morgan fingerprint density at radius 3 is 2.35 bits per heavy atom. The van der Waals surface area contributed by atoms with Crippen LogP contribution in [0.3, 0.4) is 0 Å². The summed E-state index contributed by atoms with van der Waals surface area (Å²) in [5, 5.41) is 5.46. The smallest absolute Gasteiger partial charge is 0.316 e. The number of hydrogen-bond acceptors (Lipinski definition) is 7. The molecule has 2 N–H and O–H groups in total. The fraction of sp³-hybridized carbons (Fsp3) is 0.273. The first-order valence-corrected chi connectivity index (χ1v) is 9.88. The molecule has 31 heavy (non-hydrogen) atoms. The Morgan fingerprint density at radius 2 is 1.77 bits per heavy atom. The number of carbonyl (C=O) groups is 2. The maximum Gasteiger partial charge on any atom is 0.316 e. The second kappa shape index (κ2) is 8.47. The van der Waals surface area contributed by atoms with Crippen molar-refractivity contribution in [2.24, 2.45) is 0 Å². The number of carbonyl (C=O) groups excluding carboxylic acids is 2. The van der Waals surface area contributed by atoms with Gasteiger partial charge in [0.05, 0.1) is 36.3 Å². The third-order valence-electron chi connectivity index (χ3n) is 5.52. The Balaban J connectivity index is 1.55. The minimum Gasteiger partial charge on any atom is -0.467 e. The quantitative estimate of drug-likeness (QED) is 0.631. The number of hydrogen-bond donors (Lipinski definition) is 2. The molecule has 0 unspecified atom stereocenters. The largest absolute Gasteiger partial charge is 0.467 e. The third-order valence-corrected chi connectivity index (χ3v) is 5.52. The van der Waals surface area contributed by atoms with Gasteiger partial charge in [-0.3, -0.25) is 19.6 Å². The van der Waals surface area contributed by atoms with Crippen LogP contribution in [0.5, 0.6) is 6.01 Å². The Hall–Kier alpha value is -3.88. The molecule has 0 radical (unpaired) electrons. The molecule has 1 saturated carbocycles. The first-order chi connectivity index (χ1) is 15.1. The highest BCUT2D eigenvalue weighted by Gasteiger charge is 2.47. The van der Waals surface area contributed by atoms with Crippen LogP contribution in [-0.4, -0.2) is 45.9 Å². The number of ether oxygens (including phenoxy) is 1. The summed E-state index contributed by atoms with van der Waals surface area (Å²) < 4.78 is 4.95. The van der Waals surface area contributed by atoms with Crippen LogP contribution in [0.15, 0.2) is 49.1 Å². The lowest BCUT2D eigenvalue weighted by Gasteiger charge is -2.39. The van der Waals surface area contributed by atoms with Crippen LogP contribution < -0.4 is 15.4 Å². The number of nitrogens with zero attached hydrogens (tertiary/aromatic N) is 4. The molecule has 9 heteroatoms. The number of anilines is 1. The van der Waals surface area contributed by atoms with E-state index < -0.39 is 5.41 Å². The fourth-order valence-corrected chi connectivity index (χ4v) is 3.58. The number of rotatable bonds is 6. The van der Waals surface area contributed by atoms with Gasteiger partial charge in [-0.1, -0.05) is 12.5 Å². The van der Waals surface area contributed by atoms with Crippen LogP contribution in [0, 0.1) is 0 Å². The molecule has 0 saturated heterocycles. The third kappa shape index (κ3) is 3.94. The molecule has 0 atom stereocenters. The second-order valence-electron chi connectivity index (χ2n) is 7.29. The van der Waals surface area contributed by atoms with E-state index in [2.05, 4.69) is 30.6 Å². The normalized spacial score (nSPS) is 14.3. The van der Waals surface area contributed by atoms with E-state index in [1.54, 1.807) is 25.5 Å². The second-order valence-corrected chi connectivity index (χ2v) is 7.29. The van der Waals surface area contributed by atoms with E-state index in [4.69, 9.17) is 4.74 Å². The van der Waals surface area contributed by atoms with Crippen molar-refractivity contribution in [2.75, 3.05) is 19.5 Å². The van der Waals surface area contributed by atoms with Gasteiger partial charge in [-0.05, 0) is 36.6 Å². The monoisotopic (exact) mass is 418 g/mol. The van der Waals surface area contributed by atoms with Crippen molar-refractivity contribution in [2.45, 2.75) is 24.7 Å². The highest BCUT2D eigenvalue weighted by atomic mass is 16.5. The number of methoxy groups -OCH3 is 1. The zero-order valence-corrected chi connectivity index (χ0v) is 17.3.